The third kappa shape index (κ3) is 3.06. The Bertz CT molecular complexity index is 1250. The minimum absolute atomic E-state index is 0.672. The Labute approximate surface area is 169 Å². The number of benzene rings is 1. The molecule has 0 radical (unpaired) electrons. The van der Waals surface area contributed by atoms with E-state index in [0.717, 1.165) is 44.4 Å². The summed E-state index contributed by atoms with van der Waals surface area (Å²) >= 11 is 0. The van der Waals surface area contributed by atoms with Crippen LogP contribution in [0.1, 0.15) is 37.9 Å². The van der Waals surface area contributed by atoms with E-state index in [9.17, 15) is 0 Å². The van der Waals surface area contributed by atoms with Gasteiger partial charge >= 0.3 is 0 Å². The van der Waals surface area contributed by atoms with Gasteiger partial charge in [0.2, 0.25) is 5.71 Å². The smallest absolute Gasteiger partial charge is 0.227 e. The van der Waals surface area contributed by atoms with Crippen molar-refractivity contribution in [2.75, 3.05) is 0 Å². The molecule has 0 aliphatic heterocycles. The van der Waals surface area contributed by atoms with Crippen LogP contribution >= 0.6 is 0 Å². The van der Waals surface area contributed by atoms with E-state index in [4.69, 9.17) is 10.8 Å². The number of hydrogen-bond acceptors (Lipinski definition) is 3. The van der Waals surface area contributed by atoms with Crippen molar-refractivity contribution in [3.63, 3.8) is 0 Å². The highest BCUT2D eigenvalue weighted by Crippen LogP contribution is 2.35. The van der Waals surface area contributed by atoms with Gasteiger partial charge in [0.15, 0.2) is 0 Å². The fourth-order valence-corrected chi connectivity index (χ4v) is 5.49. The molecule has 1 aromatic carbocycles. The molecule has 3 heterocycles. The van der Waals surface area contributed by atoms with E-state index >= 15 is 0 Å². The SMILES string of the molecule is [2H]C(C)(C)c1cc(-c2ccc3oc4nc(C)ccc4c3c2C)ncc1[Si](C)(C)C. The second-order valence-corrected chi connectivity index (χ2v) is 13.9. The van der Waals surface area contributed by atoms with Crippen LogP contribution in [0.25, 0.3) is 33.3 Å². The van der Waals surface area contributed by atoms with Crippen LogP contribution in [0.5, 0.6) is 0 Å². The summed E-state index contributed by atoms with van der Waals surface area (Å²) in [7, 11) is -1.61. The number of fused-ring (bicyclic) bond motifs is 3. The number of pyridine rings is 2. The summed E-state index contributed by atoms with van der Waals surface area (Å²) in [5, 5.41) is 3.38. The predicted molar refractivity (Wildman–Crippen MR) is 121 cm³/mol. The Balaban J connectivity index is 1.97. The van der Waals surface area contributed by atoms with Crippen molar-refractivity contribution in [1.82, 2.24) is 9.97 Å². The third-order valence-electron chi connectivity index (χ3n) is 5.43. The second kappa shape index (κ2) is 6.56. The van der Waals surface area contributed by atoms with Gasteiger partial charge in [-0.2, -0.15) is 0 Å². The van der Waals surface area contributed by atoms with Crippen molar-refractivity contribution in [3.05, 3.63) is 53.3 Å². The van der Waals surface area contributed by atoms with E-state index in [1.807, 2.05) is 39.1 Å². The van der Waals surface area contributed by atoms with E-state index in [1.165, 1.54) is 5.19 Å². The molecular formula is C24H28N2OSi. The maximum Gasteiger partial charge on any atom is 0.227 e. The molecule has 0 aliphatic carbocycles. The summed E-state index contributed by atoms with van der Waals surface area (Å²) in [5.74, 6) is -0.672. The molecule has 0 spiro atoms. The van der Waals surface area contributed by atoms with Crippen molar-refractivity contribution in [2.24, 2.45) is 0 Å². The number of aryl methyl sites for hydroxylation is 2. The molecule has 0 atom stereocenters. The first-order valence-electron chi connectivity index (χ1n) is 10.3. The molecule has 4 aromatic rings. The van der Waals surface area contributed by atoms with Gasteiger partial charge in [0.1, 0.15) is 5.58 Å². The molecule has 0 unspecified atom stereocenters. The fourth-order valence-electron chi connectivity index (χ4n) is 3.90. The molecule has 0 N–H and O–H groups in total. The molecule has 3 aromatic heterocycles. The zero-order valence-electron chi connectivity index (χ0n) is 18.8. The van der Waals surface area contributed by atoms with Crippen LogP contribution in [0.2, 0.25) is 19.6 Å². The zero-order chi connectivity index (χ0) is 21.1. The average Bonchev–Trinajstić information content (AvgIpc) is 2.98. The van der Waals surface area contributed by atoms with Crippen LogP contribution in [-0.2, 0) is 0 Å². The lowest BCUT2D eigenvalue weighted by atomic mass is 9.97. The number of furan rings is 1. The molecule has 0 saturated carbocycles. The largest absolute Gasteiger partial charge is 0.438 e. The monoisotopic (exact) mass is 389 g/mol. The van der Waals surface area contributed by atoms with Gasteiger partial charge < -0.3 is 4.42 Å². The van der Waals surface area contributed by atoms with Gasteiger partial charge in [-0.15, -0.1) is 0 Å². The van der Waals surface area contributed by atoms with E-state index in [0.29, 0.717) is 5.71 Å². The normalized spacial score (nSPS) is 13.3. The maximum atomic E-state index is 8.71. The quantitative estimate of drug-likeness (QED) is 0.384. The fraction of sp³-hybridized carbons (Fsp3) is 0.333. The Morgan fingerprint density at radius 1 is 1.07 bits per heavy atom. The third-order valence-corrected chi connectivity index (χ3v) is 7.44. The highest BCUT2D eigenvalue weighted by Gasteiger charge is 2.23. The van der Waals surface area contributed by atoms with Gasteiger partial charge in [-0.25, -0.2) is 4.98 Å². The molecular weight excluding hydrogens is 360 g/mol. The van der Waals surface area contributed by atoms with E-state index in [2.05, 4.69) is 49.7 Å². The van der Waals surface area contributed by atoms with Crippen LogP contribution in [0.3, 0.4) is 0 Å². The predicted octanol–water partition coefficient (Wildman–Crippen LogP) is 6.33. The second-order valence-electron chi connectivity index (χ2n) is 8.88. The summed E-state index contributed by atoms with van der Waals surface area (Å²) in [6.45, 7) is 14.9. The van der Waals surface area contributed by atoms with Crippen molar-refractivity contribution >= 4 is 35.3 Å². The molecule has 4 rings (SSSR count). The van der Waals surface area contributed by atoms with Gasteiger partial charge in [-0.05, 0) is 66.4 Å². The maximum absolute atomic E-state index is 8.71. The Kier molecular flexibility index (Phi) is 4.13. The van der Waals surface area contributed by atoms with Crippen LogP contribution in [-0.4, -0.2) is 18.0 Å². The van der Waals surface area contributed by atoms with Crippen LogP contribution < -0.4 is 5.19 Å². The van der Waals surface area contributed by atoms with Crippen LogP contribution in [0.15, 0.2) is 40.9 Å². The number of hydrogen-bond donors (Lipinski definition) is 0. The molecule has 0 fully saturated rings. The summed E-state index contributed by atoms with van der Waals surface area (Å²) in [6.07, 6.45) is 2.01. The summed E-state index contributed by atoms with van der Waals surface area (Å²) in [4.78, 5) is 9.38. The molecule has 0 saturated heterocycles. The van der Waals surface area contributed by atoms with Gasteiger partial charge in [0.05, 0.1) is 13.8 Å². The van der Waals surface area contributed by atoms with Crippen molar-refractivity contribution < 1.29 is 5.79 Å². The van der Waals surface area contributed by atoms with Crippen LogP contribution in [0.4, 0.5) is 0 Å². The minimum atomic E-state index is -1.61. The number of aromatic nitrogens is 2. The summed E-state index contributed by atoms with van der Waals surface area (Å²) < 4.78 is 14.7. The summed E-state index contributed by atoms with van der Waals surface area (Å²) in [5.41, 5.74) is 6.67. The minimum Gasteiger partial charge on any atom is -0.438 e. The topological polar surface area (TPSA) is 38.9 Å². The van der Waals surface area contributed by atoms with Gasteiger partial charge in [0.25, 0.3) is 0 Å². The Morgan fingerprint density at radius 2 is 1.82 bits per heavy atom. The van der Waals surface area contributed by atoms with Crippen molar-refractivity contribution in [1.29, 1.82) is 0 Å². The first-order chi connectivity index (χ1) is 13.5. The molecule has 3 nitrogen and oxygen atoms in total. The highest BCUT2D eigenvalue weighted by molar-refractivity contribution is 6.89. The lowest BCUT2D eigenvalue weighted by Gasteiger charge is -2.23. The standard InChI is InChI=1S/C24H28N2OSi/c1-14(2)19-12-20(25-13-22(19)28(5,6)7)17-10-11-21-23(16(17)4)18-9-8-15(3)26-24(18)27-21/h8-14H,1-7H3/i14D. The number of nitrogens with zero attached hydrogens (tertiary/aromatic N) is 2. The molecule has 28 heavy (non-hydrogen) atoms. The molecule has 0 bridgehead atoms. The lowest BCUT2D eigenvalue weighted by Crippen LogP contribution is -2.40. The highest BCUT2D eigenvalue weighted by atomic mass is 28.3. The van der Waals surface area contributed by atoms with E-state index in [1.54, 1.807) is 0 Å². The van der Waals surface area contributed by atoms with Gasteiger partial charge in [-0.1, -0.05) is 33.5 Å². The van der Waals surface area contributed by atoms with Gasteiger partial charge in [0, 0.05) is 29.6 Å². The lowest BCUT2D eigenvalue weighted by molar-refractivity contribution is 0.652. The van der Waals surface area contributed by atoms with E-state index < -0.39 is 14.0 Å². The van der Waals surface area contributed by atoms with Crippen molar-refractivity contribution in [2.45, 2.75) is 53.2 Å². The van der Waals surface area contributed by atoms with Crippen molar-refractivity contribution in [3.8, 4) is 11.3 Å². The molecule has 0 aliphatic rings. The molecule has 0 amide bonds. The first kappa shape index (κ1) is 17.6. The van der Waals surface area contributed by atoms with Crippen LogP contribution in [0, 0.1) is 13.8 Å². The van der Waals surface area contributed by atoms with E-state index in [-0.39, 0.29) is 0 Å². The molecule has 4 heteroatoms. The number of rotatable bonds is 3. The Hall–Kier alpha value is -2.46. The first-order valence-corrected chi connectivity index (χ1v) is 13.3. The van der Waals surface area contributed by atoms with Gasteiger partial charge in [-0.3, -0.25) is 4.98 Å². The summed E-state index contributed by atoms with van der Waals surface area (Å²) in [6, 6.07) is 10.3. The average molecular weight is 390 g/mol. The Morgan fingerprint density at radius 3 is 2.50 bits per heavy atom. The zero-order valence-corrected chi connectivity index (χ0v) is 18.8. The molecule has 144 valence electrons.